The standard InChI is InChI=1S/C19H18O4/c1-12-9-15(17(21)10-13(12)2)16(20)5-3-14-4-6-18-19(11-14)23-8-7-22-18/h3-6,9-11,21H,7-8H2,1-2H3/b5-3+. The average Bonchev–Trinajstić information content (AvgIpc) is 2.55. The molecule has 1 heterocycles. The molecule has 3 rings (SSSR count). The highest BCUT2D eigenvalue weighted by atomic mass is 16.6. The van der Waals surface area contributed by atoms with Crippen LogP contribution < -0.4 is 9.47 Å². The van der Waals surface area contributed by atoms with Gasteiger partial charge in [-0.1, -0.05) is 12.1 Å². The summed E-state index contributed by atoms with van der Waals surface area (Å²) in [5.41, 5.74) is 3.07. The Balaban J connectivity index is 1.82. The number of hydrogen-bond acceptors (Lipinski definition) is 4. The number of aryl methyl sites for hydroxylation is 2. The number of benzene rings is 2. The van der Waals surface area contributed by atoms with E-state index in [1.165, 1.54) is 6.08 Å². The molecule has 0 saturated heterocycles. The maximum absolute atomic E-state index is 12.3. The van der Waals surface area contributed by atoms with Gasteiger partial charge in [0.15, 0.2) is 17.3 Å². The van der Waals surface area contributed by atoms with Crippen molar-refractivity contribution in [3.8, 4) is 17.2 Å². The molecule has 2 aromatic carbocycles. The quantitative estimate of drug-likeness (QED) is 0.694. The number of aromatic hydroxyl groups is 1. The van der Waals surface area contributed by atoms with Crippen LogP contribution in [0.5, 0.6) is 17.2 Å². The molecule has 0 amide bonds. The molecule has 4 heteroatoms. The van der Waals surface area contributed by atoms with E-state index in [-0.39, 0.29) is 11.5 Å². The summed E-state index contributed by atoms with van der Waals surface area (Å²) in [5.74, 6) is 1.16. The summed E-state index contributed by atoms with van der Waals surface area (Å²) in [6.45, 7) is 4.88. The Morgan fingerprint density at radius 3 is 2.52 bits per heavy atom. The molecule has 118 valence electrons. The minimum absolute atomic E-state index is 0.00456. The van der Waals surface area contributed by atoms with Gasteiger partial charge in [-0.05, 0) is 60.9 Å². The van der Waals surface area contributed by atoms with Gasteiger partial charge in [-0.15, -0.1) is 0 Å². The molecule has 0 unspecified atom stereocenters. The van der Waals surface area contributed by atoms with Gasteiger partial charge < -0.3 is 14.6 Å². The van der Waals surface area contributed by atoms with E-state index >= 15 is 0 Å². The summed E-state index contributed by atoms with van der Waals surface area (Å²) in [5, 5.41) is 9.95. The fraction of sp³-hybridized carbons (Fsp3) is 0.211. The number of ether oxygens (including phenoxy) is 2. The van der Waals surface area contributed by atoms with Crippen molar-refractivity contribution in [3.05, 3.63) is 58.7 Å². The number of carbonyl (C=O) groups excluding carboxylic acids is 1. The van der Waals surface area contributed by atoms with Crippen LogP contribution in [-0.2, 0) is 0 Å². The summed E-state index contributed by atoms with van der Waals surface area (Å²) < 4.78 is 11.0. The first-order valence-corrected chi connectivity index (χ1v) is 7.47. The molecule has 0 saturated carbocycles. The normalized spacial score (nSPS) is 13.3. The van der Waals surface area contributed by atoms with Crippen LogP contribution in [-0.4, -0.2) is 24.1 Å². The zero-order valence-corrected chi connectivity index (χ0v) is 13.1. The predicted molar refractivity (Wildman–Crippen MR) is 88.4 cm³/mol. The van der Waals surface area contributed by atoms with Crippen LogP contribution in [0.1, 0.15) is 27.0 Å². The zero-order valence-electron chi connectivity index (χ0n) is 13.1. The molecular formula is C19H18O4. The summed E-state index contributed by atoms with van der Waals surface area (Å²) in [7, 11) is 0. The number of rotatable bonds is 3. The molecule has 1 aliphatic rings. The van der Waals surface area contributed by atoms with Crippen molar-refractivity contribution in [3.63, 3.8) is 0 Å². The van der Waals surface area contributed by atoms with E-state index in [4.69, 9.17) is 9.47 Å². The van der Waals surface area contributed by atoms with E-state index < -0.39 is 0 Å². The van der Waals surface area contributed by atoms with E-state index in [0.29, 0.717) is 30.3 Å². The minimum Gasteiger partial charge on any atom is -0.507 e. The smallest absolute Gasteiger partial charge is 0.189 e. The second-order valence-corrected chi connectivity index (χ2v) is 5.55. The second-order valence-electron chi connectivity index (χ2n) is 5.55. The molecule has 0 spiro atoms. The predicted octanol–water partition coefficient (Wildman–Crippen LogP) is 3.68. The number of allylic oxidation sites excluding steroid dienone is 1. The third kappa shape index (κ3) is 3.21. The summed E-state index contributed by atoms with van der Waals surface area (Å²) >= 11 is 0. The number of phenols is 1. The molecule has 0 bridgehead atoms. The Labute approximate surface area is 135 Å². The van der Waals surface area contributed by atoms with Gasteiger partial charge in [0.25, 0.3) is 0 Å². The monoisotopic (exact) mass is 310 g/mol. The molecular weight excluding hydrogens is 292 g/mol. The zero-order chi connectivity index (χ0) is 16.4. The van der Waals surface area contributed by atoms with E-state index in [9.17, 15) is 9.90 Å². The Morgan fingerprint density at radius 1 is 1.04 bits per heavy atom. The van der Waals surface area contributed by atoms with Gasteiger partial charge in [0, 0.05) is 0 Å². The second kappa shape index (κ2) is 6.16. The highest BCUT2D eigenvalue weighted by Gasteiger charge is 2.12. The van der Waals surface area contributed by atoms with Crippen LogP contribution in [0.25, 0.3) is 6.08 Å². The first-order valence-electron chi connectivity index (χ1n) is 7.47. The lowest BCUT2D eigenvalue weighted by atomic mass is 10.0. The fourth-order valence-corrected chi connectivity index (χ4v) is 2.42. The number of hydrogen-bond donors (Lipinski definition) is 1. The van der Waals surface area contributed by atoms with E-state index in [1.54, 1.807) is 18.2 Å². The first-order chi connectivity index (χ1) is 11.0. The summed E-state index contributed by atoms with van der Waals surface area (Å²) in [6.07, 6.45) is 3.16. The lowest BCUT2D eigenvalue weighted by molar-refractivity contribution is 0.104. The van der Waals surface area contributed by atoms with Gasteiger partial charge in [-0.25, -0.2) is 0 Å². The average molecular weight is 310 g/mol. The highest BCUT2D eigenvalue weighted by molar-refractivity contribution is 6.08. The number of phenolic OH excluding ortho intramolecular Hbond substituents is 1. The van der Waals surface area contributed by atoms with E-state index in [1.807, 2.05) is 32.0 Å². The number of ketones is 1. The molecule has 0 aliphatic carbocycles. The fourth-order valence-electron chi connectivity index (χ4n) is 2.42. The summed E-state index contributed by atoms with van der Waals surface area (Å²) in [6, 6.07) is 8.84. The Morgan fingerprint density at radius 2 is 1.74 bits per heavy atom. The van der Waals surface area contributed by atoms with Crippen molar-refractivity contribution in [2.45, 2.75) is 13.8 Å². The van der Waals surface area contributed by atoms with Crippen LogP contribution in [0.3, 0.4) is 0 Å². The molecule has 0 fully saturated rings. The van der Waals surface area contributed by atoms with E-state index in [2.05, 4.69) is 0 Å². The van der Waals surface area contributed by atoms with Crippen LogP contribution in [0.2, 0.25) is 0 Å². The molecule has 0 radical (unpaired) electrons. The molecule has 4 nitrogen and oxygen atoms in total. The van der Waals surface area contributed by atoms with Gasteiger partial charge in [-0.3, -0.25) is 4.79 Å². The van der Waals surface area contributed by atoms with Crippen molar-refractivity contribution in [2.24, 2.45) is 0 Å². The van der Waals surface area contributed by atoms with Crippen molar-refractivity contribution >= 4 is 11.9 Å². The molecule has 23 heavy (non-hydrogen) atoms. The number of carbonyl (C=O) groups is 1. The maximum Gasteiger partial charge on any atom is 0.189 e. The van der Waals surface area contributed by atoms with Crippen LogP contribution in [0, 0.1) is 13.8 Å². The van der Waals surface area contributed by atoms with Crippen molar-refractivity contribution < 1.29 is 19.4 Å². The SMILES string of the molecule is Cc1cc(O)c(C(=O)/C=C/c2ccc3c(c2)OCCO3)cc1C. The number of fused-ring (bicyclic) bond motifs is 1. The van der Waals surface area contributed by atoms with Crippen LogP contribution in [0.15, 0.2) is 36.4 Å². The van der Waals surface area contributed by atoms with Crippen molar-refractivity contribution in [1.82, 2.24) is 0 Å². The third-order valence-corrected chi connectivity index (χ3v) is 3.87. The van der Waals surface area contributed by atoms with E-state index in [0.717, 1.165) is 16.7 Å². The molecule has 0 atom stereocenters. The van der Waals surface area contributed by atoms with Gasteiger partial charge in [-0.2, -0.15) is 0 Å². The lowest BCUT2D eigenvalue weighted by Gasteiger charge is -2.18. The van der Waals surface area contributed by atoms with Crippen LogP contribution >= 0.6 is 0 Å². The Hall–Kier alpha value is -2.75. The Bertz CT molecular complexity index is 790. The molecule has 2 aromatic rings. The maximum atomic E-state index is 12.3. The summed E-state index contributed by atoms with van der Waals surface area (Å²) in [4.78, 5) is 12.3. The first kappa shape index (κ1) is 15.2. The van der Waals surface area contributed by atoms with Crippen molar-refractivity contribution in [2.75, 3.05) is 13.2 Å². The largest absolute Gasteiger partial charge is 0.507 e. The van der Waals surface area contributed by atoms with Gasteiger partial charge >= 0.3 is 0 Å². The van der Waals surface area contributed by atoms with Crippen molar-refractivity contribution in [1.29, 1.82) is 0 Å². The minimum atomic E-state index is -0.236. The molecule has 1 N–H and O–H groups in total. The van der Waals surface area contributed by atoms with Gasteiger partial charge in [0.05, 0.1) is 5.56 Å². The van der Waals surface area contributed by atoms with Gasteiger partial charge in [0.2, 0.25) is 0 Å². The van der Waals surface area contributed by atoms with Crippen LogP contribution in [0.4, 0.5) is 0 Å². The lowest BCUT2D eigenvalue weighted by Crippen LogP contribution is -2.15. The topological polar surface area (TPSA) is 55.8 Å². The van der Waals surface area contributed by atoms with Gasteiger partial charge in [0.1, 0.15) is 19.0 Å². The Kier molecular flexibility index (Phi) is 4.06. The molecule has 0 aromatic heterocycles. The third-order valence-electron chi connectivity index (χ3n) is 3.87. The highest BCUT2D eigenvalue weighted by Crippen LogP contribution is 2.31. The molecule has 1 aliphatic heterocycles.